The Labute approximate surface area is 117 Å². The molecule has 0 aliphatic rings. The topological polar surface area (TPSA) is 42.0 Å². The van der Waals surface area contributed by atoms with Gasteiger partial charge in [0.15, 0.2) is 5.82 Å². The molecule has 0 bridgehead atoms. The van der Waals surface area contributed by atoms with Gasteiger partial charge in [-0.25, -0.2) is 13.8 Å². The summed E-state index contributed by atoms with van der Waals surface area (Å²) in [4.78, 5) is 15.6. The molecule has 0 unspecified atom stereocenters. The molecule has 0 atom stereocenters. The molecule has 0 radical (unpaired) electrons. The maximum atomic E-state index is 13.5. The minimum atomic E-state index is -0.972. The SMILES string of the molecule is O=C(Nc1c(F)cc(F)cc1Cl)c1cccc(Cl)n1. The first-order valence-corrected chi connectivity index (χ1v) is 5.81. The summed E-state index contributed by atoms with van der Waals surface area (Å²) < 4.78 is 26.3. The molecule has 1 heterocycles. The Morgan fingerprint density at radius 2 is 1.95 bits per heavy atom. The highest BCUT2D eigenvalue weighted by Crippen LogP contribution is 2.26. The number of aromatic nitrogens is 1. The number of carbonyl (C=O) groups excluding carboxylic acids is 1. The Bertz CT molecular complexity index is 626. The van der Waals surface area contributed by atoms with Crippen LogP contribution in [-0.2, 0) is 0 Å². The van der Waals surface area contributed by atoms with Crippen molar-refractivity contribution in [3.8, 4) is 0 Å². The lowest BCUT2D eigenvalue weighted by atomic mass is 10.2. The highest BCUT2D eigenvalue weighted by atomic mass is 35.5. The minimum Gasteiger partial charge on any atom is -0.317 e. The van der Waals surface area contributed by atoms with Crippen LogP contribution in [0.4, 0.5) is 14.5 Å². The van der Waals surface area contributed by atoms with Gasteiger partial charge in [-0.2, -0.15) is 0 Å². The molecule has 1 N–H and O–H groups in total. The van der Waals surface area contributed by atoms with Crippen molar-refractivity contribution in [1.82, 2.24) is 4.98 Å². The number of halogens is 4. The summed E-state index contributed by atoms with van der Waals surface area (Å²) in [7, 11) is 0. The highest BCUT2D eigenvalue weighted by Gasteiger charge is 2.15. The molecule has 0 aliphatic heterocycles. The second-order valence-corrected chi connectivity index (χ2v) is 4.34. The van der Waals surface area contributed by atoms with Gasteiger partial charge < -0.3 is 5.32 Å². The number of rotatable bonds is 2. The van der Waals surface area contributed by atoms with Crippen LogP contribution in [0.5, 0.6) is 0 Å². The van der Waals surface area contributed by atoms with Crippen molar-refractivity contribution >= 4 is 34.8 Å². The van der Waals surface area contributed by atoms with E-state index in [0.717, 1.165) is 6.07 Å². The summed E-state index contributed by atoms with van der Waals surface area (Å²) in [5, 5.41) is 2.10. The van der Waals surface area contributed by atoms with Gasteiger partial charge in [0.2, 0.25) is 0 Å². The predicted molar refractivity (Wildman–Crippen MR) is 68.6 cm³/mol. The molecule has 0 fully saturated rings. The Balaban J connectivity index is 2.29. The molecule has 0 spiro atoms. The number of hydrogen-bond donors (Lipinski definition) is 1. The van der Waals surface area contributed by atoms with Crippen molar-refractivity contribution < 1.29 is 13.6 Å². The first-order valence-electron chi connectivity index (χ1n) is 5.06. The lowest BCUT2D eigenvalue weighted by Gasteiger charge is -2.08. The van der Waals surface area contributed by atoms with Gasteiger partial charge in [-0.1, -0.05) is 29.3 Å². The van der Waals surface area contributed by atoms with Crippen molar-refractivity contribution in [2.75, 3.05) is 5.32 Å². The van der Waals surface area contributed by atoms with E-state index in [1.54, 1.807) is 0 Å². The molecule has 98 valence electrons. The van der Waals surface area contributed by atoms with E-state index in [2.05, 4.69) is 10.3 Å². The van der Waals surface area contributed by atoms with Crippen LogP contribution in [0, 0.1) is 11.6 Å². The van der Waals surface area contributed by atoms with Crippen LogP contribution in [-0.4, -0.2) is 10.9 Å². The van der Waals surface area contributed by atoms with E-state index in [1.807, 2.05) is 0 Å². The van der Waals surface area contributed by atoms with Crippen molar-refractivity contribution in [2.45, 2.75) is 0 Å². The van der Waals surface area contributed by atoms with E-state index in [1.165, 1.54) is 18.2 Å². The van der Waals surface area contributed by atoms with Crippen LogP contribution in [0.15, 0.2) is 30.3 Å². The van der Waals surface area contributed by atoms with Gasteiger partial charge in [-0.05, 0) is 18.2 Å². The Kier molecular flexibility index (Phi) is 3.97. The summed E-state index contributed by atoms with van der Waals surface area (Å²) in [5.41, 5.74) is -0.317. The van der Waals surface area contributed by atoms with E-state index in [9.17, 15) is 13.6 Å². The zero-order valence-corrected chi connectivity index (χ0v) is 10.8. The highest BCUT2D eigenvalue weighted by molar-refractivity contribution is 6.34. The fourth-order valence-corrected chi connectivity index (χ4v) is 1.78. The Morgan fingerprint density at radius 1 is 1.21 bits per heavy atom. The zero-order chi connectivity index (χ0) is 14.0. The summed E-state index contributed by atoms with van der Waals surface area (Å²) in [5.74, 6) is -2.50. The third kappa shape index (κ3) is 3.19. The van der Waals surface area contributed by atoms with Gasteiger partial charge in [0, 0.05) is 6.07 Å². The van der Waals surface area contributed by atoms with E-state index < -0.39 is 17.5 Å². The molecule has 7 heteroatoms. The lowest BCUT2D eigenvalue weighted by molar-refractivity contribution is 0.102. The normalized spacial score (nSPS) is 10.3. The monoisotopic (exact) mass is 302 g/mol. The smallest absolute Gasteiger partial charge is 0.274 e. The van der Waals surface area contributed by atoms with Gasteiger partial charge in [-0.15, -0.1) is 0 Å². The number of carbonyl (C=O) groups is 1. The van der Waals surface area contributed by atoms with E-state index in [4.69, 9.17) is 23.2 Å². The predicted octanol–water partition coefficient (Wildman–Crippen LogP) is 3.92. The number of hydrogen-bond acceptors (Lipinski definition) is 2. The molecule has 2 aromatic rings. The second kappa shape index (κ2) is 5.50. The number of nitrogens with zero attached hydrogens (tertiary/aromatic N) is 1. The fourth-order valence-electron chi connectivity index (χ4n) is 1.37. The third-order valence-corrected chi connectivity index (χ3v) is 2.70. The van der Waals surface area contributed by atoms with Gasteiger partial charge in [0.1, 0.15) is 16.7 Å². The molecule has 1 aromatic heterocycles. The van der Waals surface area contributed by atoms with Crippen molar-refractivity contribution in [3.05, 3.63) is 57.8 Å². The van der Waals surface area contributed by atoms with Crippen molar-refractivity contribution in [3.63, 3.8) is 0 Å². The first kappa shape index (κ1) is 13.7. The number of amides is 1. The molecule has 2 rings (SSSR count). The number of anilines is 1. The fraction of sp³-hybridized carbons (Fsp3) is 0. The van der Waals surface area contributed by atoms with E-state index >= 15 is 0 Å². The van der Waals surface area contributed by atoms with Crippen molar-refractivity contribution in [1.29, 1.82) is 0 Å². The van der Waals surface area contributed by atoms with E-state index in [-0.39, 0.29) is 21.6 Å². The molecule has 1 amide bonds. The molecular formula is C12H6Cl2F2N2O. The van der Waals surface area contributed by atoms with Crippen LogP contribution in [0.25, 0.3) is 0 Å². The van der Waals surface area contributed by atoms with E-state index in [0.29, 0.717) is 6.07 Å². The quantitative estimate of drug-likeness (QED) is 0.854. The molecule has 0 saturated heterocycles. The van der Waals surface area contributed by atoms with Gasteiger partial charge >= 0.3 is 0 Å². The maximum Gasteiger partial charge on any atom is 0.274 e. The van der Waals surface area contributed by atoms with Gasteiger partial charge in [0.25, 0.3) is 5.91 Å². The largest absolute Gasteiger partial charge is 0.317 e. The molecule has 3 nitrogen and oxygen atoms in total. The van der Waals surface area contributed by atoms with Crippen LogP contribution in [0.3, 0.4) is 0 Å². The second-order valence-electron chi connectivity index (χ2n) is 3.54. The Morgan fingerprint density at radius 3 is 2.58 bits per heavy atom. The van der Waals surface area contributed by atoms with Gasteiger partial charge in [-0.3, -0.25) is 4.79 Å². The first-order chi connectivity index (χ1) is 8.97. The summed E-state index contributed by atoms with van der Waals surface area (Å²) >= 11 is 11.3. The summed E-state index contributed by atoms with van der Waals surface area (Å²) in [6.07, 6.45) is 0. The number of benzene rings is 1. The summed E-state index contributed by atoms with van der Waals surface area (Å²) in [6.45, 7) is 0. The molecule has 1 aromatic carbocycles. The molecular weight excluding hydrogens is 297 g/mol. The minimum absolute atomic E-state index is 0.00714. The average Bonchev–Trinajstić information content (AvgIpc) is 2.33. The maximum absolute atomic E-state index is 13.5. The summed E-state index contributed by atoms with van der Waals surface area (Å²) in [6, 6.07) is 5.92. The van der Waals surface area contributed by atoms with Crippen LogP contribution in [0.1, 0.15) is 10.5 Å². The average molecular weight is 303 g/mol. The molecule has 19 heavy (non-hydrogen) atoms. The third-order valence-electron chi connectivity index (χ3n) is 2.19. The number of pyridine rings is 1. The van der Waals surface area contributed by atoms with Crippen LogP contribution >= 0.6 is 23.2 Å². The molecule has 0 aliphatic carbocycles. The standard InChI is InChI=1S/C12H6Cl2F2N2O/c13-7-4-6(15)5-8(16)11(7)18-12(19)9-2-1-3-10(14)17-9/h1-5H,(H,18,19). The van der Waals surface area contributed by atoms with Crippen LogP contribution < -0.4 is 5.32 Å². The Hall–Kier alpha value is -1.72. The van der Waals surface area contributed by atoms with Gasteiger partial charge in [0.05, 0.1) is 10.7 Å². The zero-order valence-electron chi connectivity index (χ0n) is 9.25. The van der Waals surface area contributed by atoms with Crippen molar-refractivity contribution in [2.24, 2.45) is 0 Å². The lowest BCUT2D eigenvalue weighted by Crippen LogP contribution is -2.15. The number of nitrogens with one attached hydrogen (secondary N) is 1. The van der Waals surface area contributed by atoms with Crippen LogP contribution in [0.2, 0.25) is 10.2 Å². The molecule has 0 saturated carbocycles.